The number of ether oxygens (including phenoxy) is 1. The Kier molecular flexibility index (Phi) is 8.88. The van der Waals surface area contributed by atoms with Crippen LogP contribution in [0.3, 0.4) is 0 Å². The van der Waals surface area contributed by atoms with E-state index in [9.17, 15) is 4.79 Å². The molecule has 3 N–H and O–H groups in total. The Balaban J connectivity index is 0.000000687. The minimum atomic E-state index is -0.833. The maximum atomic E-state index is 12.9. The van der Waals surface area contributed by atoms with Crippen LogP contribution >= 0.6 is 11.6 Å². The number of halogens is 1. The highest BCUT2D eigenvalue weighted by atomic mass is 35.5. The number of carbonyl (C=O) groups excluding carboxylic acids is 1. The van der Waals surface area contributed by atoms with E-state index in [0.717, 1.165) is 26.2 Å². The number of likely N-dealkylation sites (tertiary alicyclic amines) is 1. The number of benzene rings is 1. The van der Waals surface area contributed by atoms with Crippen LogP contribution in [0.2, 0.25) is 5.02 Å². The number of amides is 1. The van der Waals surface area contributed by atoms with Crippen molar-refractivity contribution in [1.82, 2.24) is 19.7 Å². The molecule has 0 spiro atoms. The lowest BCUT2D eigenvalue weighted by molar-refractivity contribution is -0.134. The quantitative estimate of drug-likeness (QED) is 0.682. The van der Waals surface area contributed by atoms with Crippen LogP contribution in [0.25, 0.3) is 0 Å². The lowest BCUT2D eigenvalue weighted by Crippen LogP contribution is -2.39. The molecule has 29 heavy (non-hydrogen) atoms. The molecule has 1 saturated heterocycles. The van der Waals surface area contributed by atoms with Crippen molar-refractivity contribution in [2.45, 2.75) is 32.2 Å². The van der Waals surface area contributed by atoms with E-state index in [4.69, 9.17) is 32.0 Å². The number of nitrogens with two attached hydrogens (primary N) is 1. The van der Waals surface area contributed by atoms with Gasteiger partial charge in [0.25, 0.3) is 11.9 Å². The van der Waals surface area contributed by atoms with Crippen molar-refractivity contribution in [2.24, 2.45) is 5.73 Å². The first-order chi connectivity index (χ1) is 13.9. The lowest BCUT2D eigenvalue weighted by atomic mass is 10.0. The van der Waals surface area contributed by atoms with Gasteiger partial charge in [-0.05, 0) is 44.0 Å². The SMILES string of the molecule is CC(=O)O.NCCCOc1cc(Cl)ccc1C(=O)N1CCC(n2cnnc2)CC1. The second kappa shape index (κ2) is 11.4. The summed E-state index contributed by atoms with van der Waals surface area (Å²) in [7, 11) is 0. The number of aromatic nitrogens is 3. The molecule has 1 aliphatic heterocycles. The molecule has 0 atom stereocenters. The van der Waals surface area contributed by atoms with Gasteiger partial charge in [-0.15, -0.1) is 10.2 Å². The molecule has 0 bridgehead atoms. The van der Waals surface area contributed by atoms with Gasteiger partial charge in [0.1, 0.15) is 18.4 Å². The molecular weight excluding hydrogens is 398 g/mol. The maximum absolute atomic E-state index is 12.9. The zero-order chi connectivity index (χ0) is 21.2. The molecule has 1 amide bonds. The van der Waals surface area contributed by atoms with Crippen molar-refractivity contribution < 1.29 is 19.4 Å². The minimum absolute atomic E-state index is 0.0263. The van der Waals surface area contributed by atoms with Crippen molar-refractivity contribution >= 4 is 23.5 Å². The summed E-state index contributed by atoms with van der Waals surface area (Å²) in [5.41, 5.74) is 6.04. The van der Waals surface area contributed by atoms with Gasteiger partial charge in [-0.25, -0.2) is 0 Å². The zero-order valence-electron chi connectivity index (χ0n) is 16.3. The van der Waals surface area contributed by atoms with E-state index in [0.29, 0.717) is 48.6 Å². The number of carbonyl (C=O) groups is 2. The summed E-state index contributed by atoms with van der Waals surface area (Å²) < 4.78 is 7.72. The lowest BCUT2D eigenvalue weighted by Gasteiger charge is -2.32. The van der Waals surface area contributed by atoms with Crippen molar-refractivity contribution in [1.29, 1.82) is 0 Å². The highest BCUT2D eigenvalue weighted by Crippen LogP contribution is 2.28. The largest absolute Gasteiger partial charge is 0.493 e. The Morgan fingerprint density at radius 3 is 2.48 bits per heavy atom. The fourth-order valence-electron chi connectivity index (χ4n) is 2.99. The summed E-state index contributed by atoms with van der Waals surface area (Å²) in [6.07, 6.45) is 5.93. The van der Waals surface area contributed by atoms with Gasteiger partial charge in [0.05, 0.1) is 12.2 Å². The highest BCUT2D eigenvalue weighted by Gasteiger charge is 2.26. The average Bonchev–Trinajstić information content (AvgIpc) is 3.22. The van der Waals surface area contributed by atoms with E-state index in [1.165, 1.54) is 0 Å². The van der Waals surface area contributed by atoms with Crippen LogP contribution in [0.5, 0.6) is 5.75 Å². The number of piperidine rings is 1. The first kappa shape index (κ1) is 22.6. The summed E-state index contributed by atoms with van der Waals surface area (Å²) in [5, 5.41) is 15.7. The van der Waals surface area contributed by atoms with Crippen molar-refractivity contribution in [2.75, 3.05) is 26.2 Å². The van der Waals surface area contributed by atoms with Gasteiger partial charge >= 0.3 is 0 Å². The van der Waals surface area contributed by atoms with E-state index in [1.54, 1.807) is 30.9 Å². The van der Waals surface area contributed by atoms with Crippen LogP contribution < -0.4 is 10.5 Å². The fourth-order valence-corrected chi connectivity index (χ4v) is 3.15. The highest BCUT2D eigenvalue weighted by molar-refractivity contribution is 6.30. The number of rotatable bonds is 6. The summed E-state index contributed by atoms with van der Waals surface area (Å²) in [5.74, 6) is -0.339. The normalized spacial score (nSPS) is 14.1. The van der Waals surface area contributed by atoms with E-state index in [-0.39, 0.29) is 5.91 Å². The number of nitrogens with zero attached hydrogens (tertiary/aromatic N) is 4. The molecule has 0 unspecified atom stereocenters. The van der Waals surface area contributed by atoms with E-state index < -0.39 is 5.97 Å². The average molecular weight is 424 g/mol. The zero-order valence-corrected chi connectivity index (χ0v) is 17.1. The van der Waals surface area contributed by atoms with E-state index >= 15 is 0 Å². The first-order valence-electron chi connectivity index (χ1n) is 9.37. The molecule has 1 aromatic carbocycles. The summed E-state index contributed by atoms with van der Waals surface area (Å²) >= 11 is 6.05. The molecule has 0 radical (unpaired) electrons. The van der Waals surface area contributed by atoms with Crippen LogP contribution in [-0.4, -0.2) is 62.9 Å². The minimum Gasteiger partial charge on any atom is -0.493 e. The van der Waals surface area contributed by atoms with Crippen molar-refractivity contribution in [3.63, 3.8) is 0 Å². The molecule has 1 fully saturated rings. The van der Waals surface area contributed by atoms with Crippen molar-refractivity contribution in [3.05, 3.63) is 41.4 Å². The smallest absolute Gasteiger partial charge is 0.300 e. The predicted molar refractivity (Wildman–Crippen MR) is 108 cm³/mol. The van der Waals surface area contributed by atoms with Crippen LogP contribution in [0.4, 0.5) is 0 Å². The standard InChI is InChI=1S/C17H22ClN5O2.C2H4O2/c18-13-2-3-15(16(10-13)25-9-1-6-19)17(24)22-7-4-14(5-8-22)23-11-20-21-12-23;1-2(3)4/h2-3,10-12,14H,1,4-9,19H2;1H3,(H,3,4). The Bertz CT molecular complexity index is 788. The third-order valence-corrected chi connectivity index (χ3v) is 4.63. The van der Waals surface area contributed by atoms with Gasteiger partial charge in [-0.1, -0.05) is 11.6 Å². The van der Waals surface area contributed by atoms with Crippen molar-refractivity contribution in [3.8, 4) is 5.75 Å². The number of hydrogen-bond donors (Lipinski definition) is 2. The molecule has 1 aromatic heterocycles. The molecular formula is C19H26ClN5O4. The molecule has 9 nitrogen and oxygen atoms in total. The molecule has 2 aromatic rings. The van der Waals surface area contributed by atoms with Crippen LogP contribution in [0.15, 0.2) is 30.9 Å². The van der Waals surface area contributed by atoms with Gasteiger partial charge in [-0.3, -0.25) is 9.59 Å². The van der Waals surface area contributed by atoms with E-state index in [2.05, 4.69) is 10.2 Å². The summed E-state index contributed by atoms with van der Waals surface area (Å²) in [6, 6.07) is 5.47. The van der Waals surface area contributed by atoms with Crippen LogP contribution in [-0.2, 0) is 4.79 Å². The van der Waals surface area contributed by atoms with Gasteiger partial charge in [-0.2, -0.15) is 0 Å². The number of aliphatic carboxylic acids is 1. The predicted octanol–water partition coefficient (Wildman–Crippen LogP) is 2.23. The fraction of sp³-hybridized carbons (Fsp3) is 0.474. The Labute approximate surface area is 174 Å². The molecule has 10 heteroatoms. The molecule has 158 valence electrons. The Hall–Kier alpha value is -2.65. The number of carboxylic acids is 1. The van der Waals surface area contributed by atoms with Gasteiger partial charge in [0.15, 0.2) is 0 Å². The molecule has 2 heterocycles. The summed E-state index contributed by atoms with van der Waals surface area (Å²) in [4.78, 5) is 23.8. The molecule has 3 rings (SSSR count). The first-order valence-corrected chi connectivity index (χ1v) is 9.75. The number of hydrogen-bond acceptors (Lipinski definition) is 6. The van der Waals surface area contributed by atoms with Gasteiger partial charge in [0, 0.05) is 31.1 Å². The molecule has 1 aliphatic rings. The molecule has 0 aliphatic carbocycles. The second-order valence-corrected chi connectivity index (χ2v) is 7.02. The van der Waals surface area contributed by atoms with Crippen LogP contribution in [0, 0.1) is 0 Å². The van der Waals surface area contributed by atoms with Gasteiger partial charge < -0.3 is 25.0 Å². The third-order valence-electron chi connectivity index (χ3n) is 4.39. The Morgan fingerprint density at radius 2 is 1.90 bits per heavy atom. The van der Waals surface area contributed by atoms with E-state index in [1.807, 2.05) is 9.47 Å². The third kappa shape index (κ3) is 7.03. The number of carboxylic acid groups (broad SMARTS) is 1. The summed E-state index contributed by atoms with van der Waals surface area (Å²) in [6.45, 7) is 3.46. The molecule has 0 saturated carbocycles. The van der Waals surface area contributed by atoms with Gasteiger partial charge in [0.2, 0.25) is 0 Å². The topological polar surface area (TPSA) is 124 Å². The van der Waals surface area contributed by atoms with Crippen LogP contribution in [0.1, 0.15) is 42.6 Å². The maximum Gasteiger partial charge on any atom is 0.300 e. The Morgan fingerprint density at radius 1 is 1.28 bits per heavy atom. The monoisotopic (exact) mass is 423 g/mol. The second-order valence-electron chi connectivity index (χ2n) is 6.58.